The summed E-state index contributed by atoms with van der Waals surface area (Å²) in [5, 5.41) is 11.9. The summed E-state index contributed by atoms with van der Waals surface area (Å²) in [5.41, 5.74) is 3.20. The van der Waals surface area contributed by atoms with Gasteiger partial charge in [0.05, 0.1) is 30.2 Å². The summed E-state index contributed by atoms with van der Waals surface area (Å²) in [4.78, 5) is 24.8. The van der Waals surface area contributed by atoms with Crippen molar-refractivity contribution in [1.82, 2.24) is 24.9 Å². The minimum atomic E-state index is -0.313. The van der Waals surface area contributed by atoms with Gasteiger partial charge in [-0.05, 0) is 38.0 Å². The van der Waals surface area contributed by atoms with Gasteiger partial charge < -0.3 is 9.73 Å². The van der Waals surface area contributed by atoms with Gasteiger partial charge in [0.1, 0.15) is 0 Å². The van der Waals surface area contributed by atoms with Crippen molar-refractivity contribution in [2.75, 3.05) is 0 Å². The van der Waals surface area contributed by atoms with Crippen LogP contribution in [0.1, 0.15) is 35.8 Å². The Kier molecular flexibility index (Phi) is 5.48. The van der Waals surface area contributed by atoms with E-state index in [-0.39, 0.29) is 35.7 Å². The third-order valence-corrected chi connectivity index (χ3v) is 4.87. The molecule has 0 saturated carbocycles. The van der Waals surface area contributed by atoms with Crippen LogP contribution < -0.4 is 10.9 Å². The van der Waals surface area contributed by atoms with E-state index in [0.717, 1.165) is 17.0 Å². The summed E-state index contributed by atoms with van der Waals surface area (Å²) in [5.74, 6) is 0.0197. The van der Waals surface area contributed by atoms with Crippen LogP contribution in [-0.4, -0.2) is 31.5 Å². The second kappa shape index (κ2) is 7.84. The molecule has 0 unspecified atom stereocenters. The fourth-order valence-corrected chi connectivity index (χ4v) is 3.11. The highest BCUT2D eigenvalue weighted by atomic mass is 16.3. The Balaban J connectivity index is 1.89. The number of rotatable bonds is 6. The van der Waals surface area contributed by atoms with Crippen molar-refractivity contribution in [2.24, 2.45) is 13.0 Å². The standard InChI is InChI=1S/C20H25N5O3/c1-12(2)16(21-20(27)17-7-6-10-28-17)11-25-18(26)9-8-15(23-25)19-13(3)22-24(5)14(19)4/h6-10,12,16H,11H2,1-5H3,(H,21,27)/t16-/m0/s1. The maximum absolute atomic E-state index is 12.4. The third kappa shape index (κ3) is 3.90. The molecule has 1 amide bonds. The SMILES string of the molecule is Cc1nn(C)c(C)c1-c1ccc(=O)n(C[C@H](NC(=O)c2ccco2)C(C)C)n1. The van der Waals surface area contributed by atoms with Gasteiger partial charge in [0, 0.05) is 24.4 Å². The smallest absolute Gasteiger partial charge is 0.287 e. The molecular weight excluding hydrogens is 358 g/mol. The maximum atomic E-state index is 12.4. The molecule has 0 fully saturated rings. The Morgan fingerprint density at radius 2 is 1.96 bits per heavy atom. The van der Waals surface area contributed by atoms with E-state index >= 15 is 0 Å². The number of furan rings is 1. The molecule has 3 heterocycles. The van der Waals surface area contributed by atoms with Crippen LogP contribution in [0.4, 0.5) is 0 Å². The van der Waals surface area contributed by atoms with E-state index in [9.17, 15) is 9.59 Å². The minimum Gasteiger partial charge on any atom is -0.459 e. The Morgan fingerprint density at radius 3 is 2.54 bits per heavy atom. The molecule has 3 rings (SSSR count). The second-order valence-corrected chi connectivity index (χ2v) is 7.21. The number of aromatic nitrogens is 4. The van der Waals surface area contributed by atoms with Crippen LogP contribution in [0.3, 0.4) is 0 Å². The summed E-state index contributed by atoms with van der Waals surface area (Å²) in [6.45, 7) is 8.11. The fourth-order valence-electron chi connectivity index (χ4n) is 3.11. The van der Waals surface area contributed by atoms with Crippen molar-refractivity contribution >= 4 is 5.91 Å². The third-order valence-electron chi connectivity index (χ3n) is 4.87. The van der Waals surface area contributed by atoms with E-state index in [1.54, 1.807) is 22.9 Å². The maximum Gasteiger partial charge on any atom is 0.287 e. The Morgan fingerprint density at radius 1 is 1.21 bits per heavy atom. The molecule has 0 aliphatic carbocycles. The number of nitrogens with one attached hydrogen (secondary N) is 1. The molecule has 0 saturated heterocycles. The zero-order valence-electron chi connectivity index (χ0n) is 16.8. The zero-order valence-corrected chi connectivity index (χ0v) is 16.8. The Hall–Kier alpha value is -3.16. The summed E-state index contributed by atoms with van der Waals surface area (Å²) in [7, 11) is 1.88. The number of aryl methyl sites for hydroxylation is 2. The van der Waals surface area contributed by atoms with Gasteiger partial charge in [-0.15, -0.1) is 0 Å². The van der Waals surface area contributed by atoms with Crippen LogP contribution in [0.2, 0.25) is 0 Å². The number of hydrogen-bond donors (Lipinski definition) is 1. The van der Waals surface area contributed by atoms with Gasteiger partial charge in [0.2, 0.25) is 0 Å². The first-order valence-electron chi connectivity index (χ1n) is 9.21. The molecule has 28 heavy (non-hydrogen) atoms. The number of carbonyl (C=O) groups excluding carboxylic acids is 1. The zero-order chi connectivity index (χ0) is 20.4. The first-order valence-corrected chi connectivity index (χ1v) is 9.21. The van der Waals surface area contributed by atoms with E-state index in [0.29, 0.717) is 5.69 Å². The predicted molar refractivity (Wildman–Crippen MR) is 105 cm³/mol. The molecule has 0 radical (unpaired) electrons. The first kappa shape index (κ1) is 19.6. The molecule has 8 nitrogen and oxygen atoms in total. The minimum absolute atomic E-state index is 0.0955. The van der Waals surface area contributed by atoms with Gasteiger partial charge in [-0.2, -0.15) is 10.2 Å². The number of hydrogen-bond acceptors (Lipinski definition) is 5. The lowest BCUT2D eigenvalue weighted by Crippen LogP contribution is -2.43. The topological polar surface area (TPSA) is 95.0 Å². The van der Waals surface area contributed by atoms with Gasteiger partial charge in [0.15, 0.2) is 5.76 Å². The lowest BCUT2D eigenvalue weighted by Gasteiger charge is -2.22. The van der Waals surface area contributed by atoms with Gasteiger partial charge in [0.25, 0.3) is 11.5 Å². The van der Waals surface area contributed by atoms with E-state index in [4.69, 9.17) is 4.42 Å². The summed E-state index contributed by atoms with van der Waals surface area (Å²) >= 11 is 0. The molecule has 1 atom stereocenters. The van der Waals surface area contributed by atoms with Crippen molar-refractivity contribution < 1.29 is 9.21 Å². The Bertz CT molecular complexity index is 1030. The molecule has 8 heteroatoms. The molecule has 0 bridgehead atoms. The van der Waals surface area contributed by atoms with E-state index < -0.39 is 0 Å². The second-order valence-electron chi connectivity index (χ2n) is 7.21. The highest BCUT2D eigenvalue weighted by Gasteiger charge is 2.21. The lowest BCUT2D eigenvalue weighted by molar-refractivity contribution is 0.0890. The molecule has 0 spiro atoms. The number of nitrogens with zero attached hydrogens (tertiary/aromatic N) is 4. The first-order chi connectivity index (χ1) is 13.3. The monoisotopic (exact) mass is 383 g/mol. The molecule has 0 aromatic carbocycles. The van der Waals surface area contributed by atoms with Gasteiger partial charge in [-0.3, -0.25) is 14.3 Å². The average Bonchev–Trinajstić information content (AvgIpc) is 3.25. The van der Waals surface area contributed by atoms with Crippen LogP contribution in [0.5, 0.6) is 0 Å². The van der Waals surface area contributed by atoms with Gasteiger partial charge >= 0.3 is 0 Å². The number of carbonyl (C=O) groups is 1. The summed E-state index contributed by atoms with van der Waals surface area (Å²) in [6.07, 6.45) is 1.45. The normalized spacial score (nSPS) is 12.4. The van der Waals surface area contributed by atoms with E-state index in [2.05, 4.69) is 15.5 Å². The Labute approximate surface area is 163 Å². The molecule has 3 aromatic rings. The van der Waals surface area contributed by atoms with Crippen molar-refractivity contribution in [1.29, 1.82) is 0 Å². The van der Waals surface area contributed by atoms with E-state index in [1.165, 1.54) is 17.0 Å². The largest absolute Gasteiger partial charge is 0.459 e. The predicted octanol–water partition coefficient (Wildman–Crippen LogP) is 2.31. The summed E-state index contributed by atoms with van der Waals surface area (Å²) < 4.78 is 8.34. The molecular formula is C20H25N5O3. The van der Waals surface area contributed by atoms with Gasteiger partial charge in [-0.25, -0.2) is 4.68 Å². The van der Waals surface area contributed by atoms with Crippen LogP contribution in [0, 0.1) is 19.8 Å². The number of amides is 1. The van der Waals surface area contributed by atoms with Crippen molar-refractivity contribution in [3.05, 3.63) is 58.0 Å². The van der Waals surface area contributed by atoms with Crippen LogP contribution in [0.25, 0.3) is 11.3 Å². The highest BCUT2D eigenvalue weighted by Crippen LogP contribution is 2.23. The summed E-state index contributed by atoms with van der Waals surface area (Å²) in [6, 6.07) is 6.19. The van der Waals surface area contributed by atoms with Crippen molar-refractivity contribution in [3.8, 4) is 11.3 Å². The van der Waals surface area contributed by atoms with Crippen LogP contribution in [-0.2, 0) is 13.6 Å². The highest BCUT2D eigenvalue weighted by molar-refractivity contribution is 5.91. The van der Waals surface area contributed by atoms with Gasteiger partial charge in [-0.1, -0.05) is 13.8 Å². The van der Waals surface area contributed by atoms with Crippen molar-refractivity contribution in [3.63, 3.8) is 0 Å². The fraction of sp³-hybridized carbons (Fsp3) is 0.400. The molecule has 0 aliphatic heterocycles. The molecule has 0 aliphatic rings. The average molecular weight is 383 g/mol. The lowest BCUT2D eigenvalue weighted by atomic mass is 10.0. The van der Waals surface area contributed by atoms with E-state index in [1.807, 2.05) is 34.7 Å². The molecule has 1 N–H and O–H groups in total. The van der Waals surface area contributed by atoms with Crippen LogP contribution in [0.15, 0.2) is 39.7 Å². The quantitative estimate of drug-likeness (QED) is 0.705. The van der Waals surface area contributed by atoms with Crippen LogP contribution >= 0.6 is 0 Å². The van der Waals surface area contributed by atoms with Crippen molar-refractivity contribution in [2.45, 2.75) is 40.3 Å². The molecule has 3 aromatic heterocycles. The molecule has 148 valence electrons.